The molecule has 0 saturated carbocycles. The van der Waals surface area contributed by atoms with Crippen LogP contribution in [0, 0.1) is 5.82 Å². The maximum Gasteiger partial charge on any atom is 0.350 e. The average Bonchev–Trinajstić information content (AvgIpc) is 3.00. The van der Waals surface area contributed by atoms with Crippen molar-refractivity contribution in [3.8, 4) is 5.69 Å². The number of pyridine rings is 1. The molecule has 0 saturated heterocycles. The van der Waals surface area contributed by atoms with Crippen LogP contribution in [0.2, 0.25) is 0 Å². The number of benzene rings is 2. The van der Waals surface area contributed by atoms with Crippen molar-refractivity contribution in [2.24, 2.45) is 0 Å². The number of para-hydroxylation sites is 1. The molecule has 2 aromatic heterocycles. The van der Waals surface area contributed by atoms with Gasteiger partial charge in [-0.1, -0.05) is 30.3 Å². The summed E-state index contributed by atoms with van der Waals surface area (Å²) in [6.45, 7) is 0. The number of aromatic nitrogens is 1. The van der Waals surface area contributed by atoms with Crippen molar-refractivity contribution >= 4 is 44.0 Å². The fourth-order valence-electron chi connectivity index (χ4n) is 3.05. The first-order chi connectivity index (χ1) is 12.5. The number of anilines is 1. The number of thiophene rings is 1. The highest BCUT2D eigenvalue weighted by atomic mass is 32.1. The first-order valence-corrected chi connectivity index (χ1v) is 8.55. The van der Waals surface area contributed by atoms with Gasteiger partial charge >= 0.3 is 5.97 Å². The summed E-state index contributed by atoms with van der Waals surface area (Å²) in [5.74, 6) is -1.14. The van der Waals surface area contributed by atoms with Crippen LogP contribution in [-0.2, 0) is 4.74 Å². The Morgan fingerprint density at radius 1 is 1.12 bits per heavy atom. The zero-order valence-corrected chi connectivity index (χ0v) is 14.5. The largest absolute Gasteiger partial charge is 0.465 e. The molecule has 2 N–H and O–H groups in total. The van der Waals surface area contributed by atoms with Crippen molar-refractivity contribution in [2.75, 3.05) is 12.8 Å². The molecule has 0 radical (unpaired) electrons. The van der Waals surface area contributed by atoms with E-state index in [0.717, 1.165) is 11.3 Å². The Kier molecular flexibility index (Phi) is 3.73. The van der Waals surface area contributed by atoms with E-state index < -0.39 is 11.8 Å². The molecule has 7 heteroatoms. The Balaban J connectivity index is 2.27. The number of nitrogens with zero attached hydrogens (tertiary/aromatic N) is 1. The Morgan fingerprint density at radius 3 is 2.46 bits per heavy atom. The maximum atomic E-state index is 14.4. The predicted octanol–water partition coefficient (Wildman–Crippen LogP) is 3.71. The van der Waals surface area contributed by atoms with Gasteiger partial charge in [0, 0.05) is 10.8 Å². The van der Waals surface area contributed by atoms with Crippen molar-refractivity contribution in [2.45, 2.75) is 0 Å². The molecular formula is C19H13FN2O3S. The van der Waals surface area contributed by atoms with Crippen LogP contribution in [0.4, 0.5) is 10.1 Å². The minimum absolute atomic E-state index is 0.103. The number of fused-ring (bicyclic) bond motifs is 3. The summed E-state index contributed by atoms with van der Waals surface area (Å²) in [5, 5.41) is 1.54. The number of carbonyl (C=O) groups is 1. The monoisotopic (exact) mass is 368 g/mol. The van der Waals surface area contributed by atoms with Crippen LogP contribution in [0.1, 0.15) is 9.67 Å². The average molecular weight is 368 g/mol. The van der Waals surface area contributed by atoms with Gasteiger partial charge in [-0.05, 0) is 23.6 Å². The van der Waals surface area contributed by atoms with Crippen LogP contribution in [-0.4, -0.2) is 17.6 Å². The Morgan fingerprint density at radius 2 is 1.77 bits per heavy atom. The first kappa shape index (κ1) is 16.3. The summed E-state index contributed by atoms with van der Waals surface area (Å²) >= 11 is 1.01. The van der Waals surface area contributed by atoms with Crippen LogP contribution in [0.25, 0.3) is 26.7 Å². The third kappa shape index (κ3) is 2.21. The van der Waals surface area contributed by atoms with Gasteiger partial charge in [-0.15, -0.1) is 11.3 Å². The molecule has 2 heterocycles. The molecule has 26 heavy (non-hydrogen) atoms. The predicted molar refractivity (Wildman–Crippen MR) is 101 cm³/mol. The normalized spacial score (nSPS) is 11.2. The lowest BCUT2D eigenvalue weighted by Crippen LogP contribution is -2.19. The van der Waals surface area contributed by atoms with Crippen LogP contribution in [0.3, 0.4) is 0 Å². The molecule has 5 nitrogen and oxygen atoms in total. The molecule has 4 rings (SSSR count). The number of hydrogen-bond acceptors (Lipinski definition) is 5. The number of carbonyl (C=O) groups excluding carboxylic acids is 1. The molecule has 0 unspecified atom stereocenters. The number of rotatable bonds is 2. The lowest BCUT2D eigenvalue weighted by molar-refractivity contribution is 0.0607. The third-order valence-corrected chi connectivity index (χ3v) is 5.39. The van der Waals surface area contributed by atoms with E-state index in [0.29, 0.717) is 21.0 Å². The second-order valence-corrected chi connectivity index (χ2v) is 6.65. The van der Waals surface area contributed by atoms with E-state index in [9.17, 15) is 14.0 Å². The summed E-state index contributed by atoms with van der Waals surface area (Å²) in [7, 11) is 1.26. The molecule has 0 bridgehead atoms. The topological polar surface area (TPSA) is 74.3 Å². The molecule has 130 valence electrons. The zero-order valence-electron chi connectivity index (χ0n) is 13.7. The standard InChI is InChI=1S/C19H13FN2O3S/c1-25-19(24)16-15(21)14-10-6-2-3-7-11(10)17(23)22(18(14)26-16)13-9-5-4-8-12(13)20/h2-9H,21H2,1H3. The molecule has 0 spiro atoms. The summed E-state index contributed by atoms with van der Waals surface area (Å²) in [6, 6.07) is 12.9. The summed E-state index contributed by atoms with van der Waals surface area (Å²) in [5.41, 5.74) is 6.16. The summed E-state index contributed by atoms with van der Waals surface area (Å²) < 4.78 is 20.5. The van der Waals surface area contributed by atoms with E-state index >= 15 is 0 Å². The van der Waals surface area contributed by atoms with Gasteiger partial charge in [0.15, 0.2) is 0 Å². The Hall–Kier alpha value is -3.19. The fraction of sp³-hybridized carbons (Fsp3) is 0.0526. The van der Waals surface area contributed by atoms with E-state index in [2.05, 4.69) is 0 Å². The highest BCUT2D eigenvalue weighted by molar-refractivity contribution is 7.21. The van der Waals surface area contributed by atoms with Gasteiger partial charge < -0.3 is 10.5 Å². The van der Waals surface area contributed by atoms with E-state index in [-0.39, 0.29) is 21.8 Å². The smallest absolute Gasteiger partial charge is 0.350 e. The molecule has 0 aliphatic carbocycles. The minimum atomic E-state index is -0.597. The SMILES string of the molecule is COC(=O)c1sc2c(c1N)c1ccccc1c(=O)n2-c1ccccc1F. The van der Waals surface area contributed by atoms with Crippen molar-refractivity contribution in [1.29, 1.82) is 0 Å². The third-order valence-electron chi connectivity index (χ3n) is 4.22. The zero-order chi connectivity index (χ0) is 18.4. The van der Waals surface area contributed by atoms with Crippen molar-refractivity contribution in [1.82, 2.24) is 4.57 Å². The second-order valence-electron chi connectivity index (χ2n) is 5.65. The van der Waals surface area contributed by atoms with Crippen LogP contribution in [0.5, 0.6) is 0 Å². The van der Waals surface area contributed by atoms with Gasteiger partial charge in [-0.25, -0.2) is 9.18 Å². The number of halogens is 1. The van der Waals surface area contributed by atoms with Crippen molar-refractivity contribution in [3.63, 3.8) is 0 Å². The van der Waals surface area contributed by atoms with Crippen LogP contribution < -0.4 is 11.3 Å². The highest BCUT2D eigenvalue weighted by Gasteiger charge is 2.23. The molecule has 0 amide bonds. The molecular weight excluding hydrogens is 355 g/mol. The highest BCUT2D eigenvalue weighted by Crippen LogP contribution is 2.38. The van der Waals surface area contributed by atoms with Gasteiger partial charge in [0.05, 0.1) is 18.5 Å². The number of methoxy groups -OCH3 is 1. The van der Waals surface area contributed by atoms with Gasteiger partial charge in [0.1, 0.15) is 15.5 Å². The second kappa shape index (κ2) is 5.96. The van der Waals surface area contributed by atoms with E-state index in [1.54, 1.807) is 36.4 Å². The van der Waals surface area contributed by atoms with Gasteiger partial charge in [-0.3, -0.25) is 9.36 Å². The van der Waals surface area contributed by atoms with Gasteiger partial charge in [-0.2, -0.15) is 0 Å². The number of nitrogen functional groups attached to an aromatic ring is 1. The van der Waals surface area contributed by atoms with E-state index in [4.69, 9.17) is 10.5 Å². The first-order valence-electron chi connectivity index (χ1n) is 7.73. The molecule has 0 atom stereocenters. The van der Waals surface area contributed by atoms with Gasteiger partial charge in [0.25, 0.3) is 5.56 Å². The van der Waals surface area contributed by atoms with E-state index in [1.807, 2.05) is 0 Å². The lowest BCUT2D eigenvalue weighted by Gasteiger charge is -2.11. The molecule has 2 aromatic carbocycles. The van der Waals surface area contributed by atoms with Crippen molar-refractivity contribution in [3.05, 3.63) is 69.6 Å². The van der Waals surface area contributed by atoms with Gasteiger partial charge in [0.2, 0.25) is 0 Å². The van der Waals surface area contributed by atoms with Crippen molar-refractivity contribution < 1.29 is 13.9 Å². The van der Waals surface area contributed by atoms with E-state index in [1.165, 1.54) is 23.8 Å². The summed E-state index contributed by atoms with van der Waals surface area (Å²) in [4.78, 5) is 25.8. The molecule has 0 aliphatic heterocycles. The maximum absolute atomic E-state index is 14.4. The molecule has 0 aliphatic rings. The Labute approximate surface area is 151 Å². The molecule has 4 aromatic rings. The Bertz CT molecular complexity index is 1240. The number of ether oxygens (including phenoxy) is 1. The fourth-order valence-corrected chi connectivity index (χ4v) is 4.21. The molecule has 0 fully saturated rings. The quantitative estimate of drug-likeness (QED) is 0.547. The van der Waals surface area contributed by atoms with Crippen LogP contribution >= 0.6 is 11.3 Å². The number of esters is 1. The number of hydrogen-bond donors (Lipinski definition) is 1. The van der Waals surface area contributed by atoms with Crippen LogP contribution in [0.15, 0.2) is 53.3 Å². The summed E-state index contributed by atoms with van der Waals surface area (Å²) in [6.07, 6.45) is 0. The number of nitrogens with two attached hydrogens (primary N) is 1. The lowest BCUT2D eigenvalue weighted by atomic mass is 10.1. The minimum Gasteiger partial charge on any atom is -0.465 e.